The minimum Gasteiger partial charge on any atom is -0.355 e. The Balaban J connectivity index is 1.32. The van der Waals surface area contributed by atoms with E-state index >= 15 is 0 Å². The van der Waals surface area contributed by atoms with Crippen molar-refractivity contribution < 1.29 is 0 Å². The fourth-order valence-electron chi connectivity index (χ4n) is 5.70. The van der Waals surface area contributed by atoms with Gasteiger partial charge in [0.05, 0.1) is 17.6 Å². The molecule has 1 fully saturated rings. The lowest BCUT2D eigenvalue weighted by Gasteiger charge is -2.42. The molecule has 0 unspecified atom stereocenters. The van der Waals surface area contributed by atoms with Crippen LogP contribution in [0, 0.1) is 19.3 Å². The minimum atomic E-state index is 0.0675. The number of piperidine rings is 1. The fourth-order valence-corrected chi connectivity index (χ4v) is 5.70. The first-order valence-corrected chi connectivity index (χ1v) is 11.4. The van der Waals surface area contributed by atoms with Crippen molar-refractivity contribution in [1.29, 1.82) is 0 Å². The molecule has 1 aromatic carbocycles. The molecule has 2 N–H and O–H groups in total. The number of rotatable bonds is 2. The van der Waals surface area contributed by atoms with Gasteiger partial charge >= 0.3 is 0 Å². The number of benzene rings is 1. The third-order valence-electron chi connectivity index (χ3n) is 7.47. The summed E-state index contributed by atoms with van der Waals surface area (Å²) in [6, 6.07) is 16.8. The molecular weight excluding hydrogens is 396 g/mol. The van der Waals surface area contributed by atoms with Crippen LogP contribution in [0.3, 0.4) is 0 Å². The lowest BCUT2D eigenvalue weighted by atomic mass is 9.73. The van der Waals surface area contributed by atoms with E-state index in [4.69, 9.17) is 15.7 Å². The second-order valence-corrected chi connectivity index (χ2v) is 9.36. The maximum absolute atomic E-state index is 6.78. The van der Waals surface area contributed by atoms with Crippen LogP contribution in [0.2, 0.25) is 0 Å². The number of hydrogen-bond acceptors (Lipinski definition) is 5. The maximum Gasteiger partial charge on any atom is 0.155 e. The summed E-state index contributed by atoms with van der Waals surface area (Å²) in [6.07, 6.45) is 4.95. The standard InChI is InChI=1S/C26H28N6/c1-17-8-9-20-21(29-17)16-26(24(20)27)11-14-31(15-12-26)25-22-10-13-28-32(22)23(18(2)30-25)19-6-4-3-5-7-19/h3-10,13,24H,11-12,14-16,27H2,1-2H3/t24-/m1/s1. The smallest absolute Gasteiger partial charge is 0.155 e. The van der Waals surface area contributed by atoms with E-state index in [1.165, 1.54) is 11.3 Å². The first-order valence-electron chi connectivity index (χ1n) is 11.4. The quantitative estimate of drug-likeness (QED) is 0.521. The van der Waals surface area contributed by atoms with Gasteiger partial charge in [-0.15, -0.1) is 0 Å². The molecule has 2 aliphatic rings. The van der Waals surface area contributed by atoms with E-state index in [9.17, 15) is 0 Å². The van der Waals surface area contributed by atoms with Gasteiger partial charge in [-0.05, 0) is 56.2 Å². The van der Waals surface area contributed by atoms with Crippen LogP contribution in [0.4, 0.5) is 5.82 Å². The molecule has 6 heteroatoms. The summed E-state index contributed by atoms with van der Waals surface area (Å²) in [4.78, 5) is 12.3. The average molecular weight is 425 g/mol. The van der Waals surface area contributed by atoms with E-state index in [1.54, 1.807) is 0 Å². The van der Waals surface area contributed by atoms with E-state index in [0.29, 0.717) is 0 Å². The van der Waals surface area contributed by atoms with Crippen molar-refractivity contribution in [2.24, 2.45) is 11.1 Å². The first kappa shape index (κ1) is 19.4. The molecule has 1 aliphatic heterocycles. The zero-order valence-electron chi connectivity index (χ0n) is 18.6. The number of nitrogens with zero attached hydrogens (tertiary/aromatic N) is 5. The van der Waals surface area contributed by atoms with Crippen LogP contribution in [0.1, 0.15) is 41.5 Å². The highest BCUT2D eigenvalue weighted by Crippen LogP contribution is 2.50. The Hall–Kier alpha value is -3.25. The summed E-state index contributed by atoms with van der Waals surface area (Å²) >= 11 is 0. The number of aryl methyl sites for hydroxylation is 2. The van der Waals surface area contributed by atoms with Gasteiger partial charge in [-0.1, -0.05) is 36.4 Å². The van der Waals surface area contributed by atoms with Crippen molar-refractivity contribution in [2.45, 2.75) is 39.2 Å². The summed E-state index contributed by atoms with van der Waals surface area (Å²) in [5.74, 6) is 1.02. The molecule has 1 saturated heterocycles. The van der Waals surface area contributed by atoms with Crippen LogP contribution >= 0.6 is 0 Å². The monoisotopic (exact) mass is 424 g/mol. The predicted octanol–water partition coefficient (Wildman–Crippen LogP) is 4.25. The van der Waals surface area contributed by atoms with Crippen molar-refractivity contribution in [3.05, 3.63) is 77.4 Å². The number of nitrogens with two attached hydrogens (primary N) is 1. The number of aromatic nitrogens is 4. The molecule has 1 atom stereocenters. The summed E-state index contributed by atoms with van der Waals surface area (Å²) in [6.45, 7) is 6.02. The van der Waals surface area contributed by atoms with E-state index in [-0.39, 0.29) is 11.5 Å². The van der Waals surface area contributed by atoms with Crippen molar-refractivity contribution in [2.75, 3.05) is 18.0 Å². The van der Waals surface area contributed by atoms with Crippen molar-refractivity contribution in [3.8, 4) is 11.3 Å². The molecule has 162 valence electrons. The second-order valence-electron chi connectivity index (χ2n) is 9.36. The van der Waals surface area contributed by atoms with Gasteiger partial charge in [0, 0.05) is 36.1 Å². The normalized spacial score (nSPS) is 19.6. The zero-order valence-corrected chi connectivity index (χ0v) is 18.6. The summed E-state index contributed by atoms with van der Waals surface area (Å²) in [5.41, 5.74) is 14.6. The van der Waals surface area contributed by atoms with Crippen LogP contribution in [0.25, 0.3) is 16.8 Å². The van der Waals surface area contributed by atoms with Gasteiger partial charge in [-0.3, -0.25) is 4.98 Å². The van der Waals surface area contributed by atoms with E-state index in [1.807, 2.05) is 16.8 Å². The third-order valence-corrected chi connectivity index (χ3v) is 7.47. The van der Waals surface area contributed by atoms with Gasteiger partial charge < -0.3 is 10.6 Å². The van der Waals surface area contributed by atoms with E-state index < -0.39 is 0 Å². The van der Waals surface area contributed by atoms with Crippen molar-refractivity contribution in [3.63, 3.8) is 0 Å². The van der Waals surface area contributed by atoms with Gasteiger partial charge in [0.15, 0.2) is 5.82 Å². The summed E-state index contributed by atoms with van der Waals surface area (Å²) in [5, 5.41) is 4.65. The minimum absolute atomic E-state index is 0.0675. The largest absolute Gasteiger partial charge is 0.355 e. The Bertz CT molecular complexity index is 1300. The van der Waals surface area contributed by atoms with Crippen LogP contribution in [0.5, 0.6) is 0 Å². The molecule has 1 spiro atoms. The lowest BCUT2D eigenvalue weighted by molar-refractivity contribution is 0.186. The van der Waals surface area contributed by atoms with Crippen LogP contribution in [0.15, 0.2) is 54.7 Å². The third kappa shape index (κ3) is 2.86. The molecule has 4 heterocycles. The highest BCUT2D eigenvalue weighted by molar-refractivity contribution is 5.75. The topological polar surface area (TPSA) is 72.3 Å². The van der Waals surface area contributed by atoms with Gasteiger partial charge in [-0.25, -0.2) is 9.50 Å². The van der Waals surface area contributed by atoms with Crippen molar-refractivity contribution >= 4 is 11.3 Å². The molecule has 0 radical (unpaired) electrons. The zero-order chi connectivity index (χ0) is 21.9. The van der Waals surface area contributed by atoms with Crippen LogP contribution in [-0.2, 0) is 6.42 Å². The molecule has 6 rings (SSSR count). The average Bonchev–Trinajstić information content (AvgIpc) is 3.38. The SMILES string of the molecule is Cc1ccc2c(n1)CC1(CCN(c3nc(C)c(-c4ccccc4)n4nccc34)CC1)[C@@H]2N. The van der Waals surface area contributed by atoms with Crippen LogP contribution in [-0.4, -0.2) is 32.7 Å². The highest BCUT2D eigenvalue weighted by atomic mass is 15.3. The maximum atomic E-state index is 6.78. The molecule has 32 heavy (non-hydrogen) atoms. The Labute approximate surface area is 188 Å². The molecule has 1 aliphatic carbocycles. The second kappa shape index (κ2) is 7.14. The number of fused-ring (bicyclic) bond motifs is 2. The van der Waals surface area contributed by atoms with Gasteiger partial charge in [-0.2, -0.15) is 5.10 Å². The molecule has 6 nitrogen and oxygen atoms in total. The highest BCUT2D eigenvalue weighted by Gasteiger charge is 2.47. The van der Waals surface area contributed by atoms with Crippen molar-refractivity contribution in [1.82, 2.24) is 19.6 Å². The molecule has 0 amide bonds. The number of anilines is 1. The Morgan fingerprint density at radius 2 is 1.75 bits per heavy atom. The molecule has 0 bridgehead atoms. The Morgan fingerprint density at radius 3 is 2.53 bits per heavy atom. The van der Waals surface area contributed by atoms with Crippen LogP contribution < -0.4 is 10.6 Å². The summed E-state index contributed by atoms with van der Waals surface area (Å²) < 4.78 is 2.04. The van der Waals surface area contributed by atoms with Gasteiger partial charge in [0.2, 0.25) is 0 Å². The molecule has 0 saturated carbocycles. The number of pyridine rings is 1. The Morgan fingerprint density at radius 1 is 0.969 bits per heavy atom. The predicted molar refractivity (Wildman–Crippen MR) is 127 cm³/mol. The van der Waals surface area contributed by atoms with Gasteiger partial charge in [0.25, 0.3) is 0 Å². The summed E-state index contributed by atoms with van der Waals surface area (Å²) in [7, 11) is 0. The van der Waals surface area contributed by atoms with E-state index in [0.717, 1.165) is 66.3 Å². The lowest BCUT2D eigenvalue weighted by Crippen LogP contribution is -2.44. The van der Waals surface area contributed by atoms with E-state index in [2.05, 4.69) is 66.3 Å². The first-order chi connectivity index (χ1) is 15.6. The Kier molecular flexibility index (Phi) is 4.33. The number of hydrogen-bond donors (Lipinski definition) is 1. The molecular formula is C26H28N6. The van der Waals surface area contributed by atoms with Gasteiger partial charge in [0.1, 0.15) is 5.52 Å². The molecule has 3 aromatic heterocycles. The fraction of sp³-hybridized carbons (Fsp3) is 0.346. The molecule has 4 aromatic rings.